The van der Waals surface area contributed by atoms with Gasteiger partial charge in [-0.05, 0) is 40.5 Å². The van der Waals surface area contributed by atoms with Crippen molar-refractivity contribution in [3.63, 3.8) is 0 Å². The monoisotopic (exact) mass is 289 g/mol. The van der Waals surface area contributed by atoms with Crippen molar-refractivity contribution >= 4 is 15.9 Å². The first-order valence-electron chi connectivity index (χ1n) is 4.98. The second-order valence-electron chi connectivity index (χ2n) is 3.59. The second kappa shape index (κ2) is 6.08. The van der Waals surface area contributed by atoms with Gasteiger partial charge in [0.05, 0.1) is 18.2 Å². The number of benzene rings is 1. The first-order valence-corrected chi connectivity index (χ1v) is 5.77. The van der Waals surface area contributed by atoms with Crippen LogP contribution in [0.2, 0.25) is 0 Å². The fourth-order valence-corrected chi connectivity index (χ4v) is 1.73. The highest BCUT2D eigenvalue weighted by Crippen LogP contribution is 2.35. The largest absolute Gasteiger partial charge is 0.503 e. The number of ether oxygens (including phenoxy) is 1. The predicted molar refractivity (Wildman–Crippen MR) is 65.7 cm³/mol. The average molecular weight is 290 g/mol. The summed E-state index contributed by atoms with van der Waals surface area (Å²) in [6.45, 7) is 2.60. The third-order valence-corrected chi connectivity index (χ3v) is 2.84. The molecule has 0 fully saturated rings. The Labute approximate surface area is 103 Å². The lowest BCUT2D eigenvalue weighted by Crippen LogP contribution is -2.28. The van der Waals surface area contributed by atoms with Crippen LogP contribution in [0.1, 0.15) is 12.5 Å². The summed E-state index contributed by atoms with van der Waals surface area (Å²) < 4.78 is 5.64. The summed E-state index contributed by atoms with van der Waals surface area (Å²) in [4.78, 5) is 0. The van der Waals surface area contributed by atoms with E-state index in [4.69, 9.17) is 9.84 Å². The highest BCUT2D eigenvalue weighted by molar-refractivity contribution is 9.10. The molecular formula is C11H16BrNO3. The van der Waals surface area contributed by atoms with Gasteiger partial charge in [0.15, 0.2) is 11.5 Å². The van der Waals surface area contributed by atoms with Gasteiger partial charge in [-0.2, -0.15) is 0 Å². The fourth-order valence-electron chi connectivity index (χ4n) is 1.24. The van der Waals surface area contributed by atoms with Gasteiger partial charge in [0.1, 0.15) is 0 Å². The first kappa shape index (κ1) is 13.3. The van der Waals surface area contributed by atoms with Gasteiger partial charge in [0, 0.05) is 12.6 Å². The molecule has 1 unspecified atom stereocenters. The number of hydrogen-bond donors (Lipinski definition) is 3. The van der Waals surface area contributed by atoms with Crippen molar-refractivity contribution in [2.45, 2.75) is 19.5 Å². The highest BCUT2D eigenvalue weighted by Gasteiger charge is 2.09. The molecule has 16 heavy (non-hydrogen) atoms. The molecule has 1 atom stereocenters. The van der Waals surface area contributed by atoms with E-state index in [1.54, 1.807) is 6.07 Å². The molecule has 0 aliphatic heterocycles. The molecule has 3 N–H and O–H groups in total. The molecule has 0 amide bonds. The lowest BCUT2D eigenvalue weighted by atomic mass is 10.2. The molecule has 0 radical (unpaired) electrons. The minimum Gasteiger partial charge on any atom is -0.503 e. The summed E-state index contributed by atoms with van der Waals surface area (Å²) in [5.74, 6) is 0.532. The second-order valence-corrected chi connectivity index (χ2v) is 4.45. The van der Waals surface area contributed by atoms with Gasteiger partial charge in [-0.3, -0.25) is 0 Å². The topological polar surface area (TPSA) is 61.7 Å². The van der Waals surface area contributed by atoms with Crippen molar-refractivity contribution in [1.82, 2.24) is 5.32 Å². The molecule has 0 saturated heterocycles. The number of nitrogens with one attached hydrogen (secondary N) is 1. The maximum atomic E-state index is 9.61. The number of rotatable bonds is 5. The van der Waals surface area contributed by atoms with Crippen LogP contribution < -0.4 is 10.1 Å². The van der Waals surface area contributed by atoms with E-state index in [2.05, 4.69) is 21.2 Å². The van der Waals surface area contributed by atoms with Gasteiger partial charge in [-0.25, -0.2) is 0 Å². The third-order valence-electron chi connectivity index (χ3n) is 2.24. The van der Waals surface area contributed by atoms with E-state index in [0.29, 0.717) is 16.8 Å². The zero-order valence-electron chi connectivity index (χ0n) is 9.33. The number of phenolic OH excluding ortho intramolecular Hbond substituents is 1. The molecule has 1 aromatic rings. The average Bonchev–Trinajstić information content (AvgIpc) is 2.29. The van der Waals surface area contributed by atoms with E-state index in [-0.39, 0.29) is 18.4 Å². The van der Waals surface area contributed by atoms with E-state index in [1.165, 1.54) is 7.11 Å². The number of halogens is 1. The van der Waals surface area contributed by atoms with E-state index in [1.807, 2.05) is 13.0 Å². The molecule has 5 heteroatoms. The maximum Gasteiger partial charge on any atom is 0.172 e. The Hall–Kier alpha value is -0.780. The maximum absolute atomic E-state index is 9.61. The molecule has 1 aromatic carbocycles. The fraction of sp³-hybridized carbons (Fsp3) is 0.455. The predicted octanol–water partition coefficient (Wildman–Crippen LogP) is 1.63. The Bertz CT molecular complexity index is 357. The van der Waals surface area contributed by atoms with E-state index >= 15 is 0 Å². The number of aliphatic hydroxyl groups excluding tert-OH is 1. The molecular weight excluding hydrogens is 274 g/mol. The van der Waals surface area contributed by atoms with Crippen LogP contribution in [0.3, 0.4) is 0 Å². The Morgan fingerprint density at radius 3 is 2.75 bits per heavy atom. The van der Waals surface area contributed by atoms with Gasteiger partial charge in [-0.15, -0.1) is 0 Å². The van der Waals surface area contributed by atoms with E-state index < -0.39 is 0 Å². The number of hydrogen-bond acceptors (Lipinski definition) is 4. The summed E-state index contributed by atoms with van der Waals surface area (Å²) >= 11 is 3.25. The Morgan fingerprint density at radius 1 is 1.50 bits per heavy atom. The van der Waals surface area contributed by atoms with Crippen LogP contribution in [0.15, 0.2) is 16.6 Å². The standard InChI is InChI=1S/C11H16BrNO3/c1-7(6-14)13-5-8-3-9(12)11(15)10(4-8)16-2/h3-4,7,13-15H,5-6H2,1-2H3. The number of methoxy groups -OCH3 is 1. The summed E-state index contributed by atoms with van der Waals surface area (Å²) in [5.41, 5.74) is 0.974. The minimum absolute atomic E-state index is 0.0403. The number of aromatic hydroxyl groups is 1. The molecule has 0 aromatic heterocycles. The summed E-state index contributed by atoms with van der Waals surface area (Å²) in [5, 5.41) is 21.6. The summed E-state index contributed by atoms with van der Waals surface area (Å²) in [6.07, 6.45) is 0. The van der Waals surface area contributed by atoms with Crippen molar-refractivity contribution in [3.8, 4) is 11.5 Å². The lowest BCUT2D eigenvalue weighted by Gasteiger charge is -2.12. The number of phenols is 1. The van der Waals surface area contributed by atoms with Crippen LogP contribution in [0, 0.1) is 0 Å². The summed E-state index contributed by atoms with van der Waals surface area (Å²) in [6, 6.07) is 3.62. The van der Waals surface area contributed by atoms with Gasteiger partial charge >= 0.3 is 0 Å². The Kier molecular flexibility index (Phi) is 5.05. The van der Waals surface area contributed by atoms with Crippen LogP contribution in [-0.4, -0.2) is 30.0 Å². The molecule has 0 heterocycles. The summed E-state index contributed by atoms with van der Waals surface area (Å²) in [7, 11) is 1.51. The zero-order chi connectivity index (χ0) is 12.1. The number of aliphatic hydroxyl groups is 1. The van der Waals surface area contributed by atoms with Gasteiger partial charge in [0.2, 0.25) is 0 Å². The van der Waals surface area contributed by atoms with E-state index in [0.717, 1.165) is 5.56 Å². The van der Waals surface area contributed by atoms with Crippen molar-refractivity contribution < 1.29 is 14.9 Å². The van der Waals surface area contributed by atoms with Gasteiger partial charge < -0.3 is 20.3 Å². The Morgan fingerprint density at radius 2 is 2.19 bits per heavy atom. The molecule has 4 nitrogen and oxygen atoms in total. The van der Waals surface area contributed by atoms with Gasteiger partial charge in [-0.1, -0.05) is 0 Å². The zero-order valence-corrected chi connectivity index (χ0v) is 10.9. The first-order chi connectivity index (χ1) is 7.58. The SMILES string of the molecule is COc1cc(CNC(C)CO)cc(Br)c1O. The highest BCUT2D eigenvalue weighted by atomic mass is 79.9. The van der Waals surface area contributed by atoms with Crippen molar-refractivity contribution in [2.75, 3.05) is 13.7 Å². The van der Waals surface area contributed by atoms with Crippen molar-refractivity contribution in [2.24, 2.45) is 0 Å². The van der Waals surface area contributed by atoms with Crippen LogP contribution in [0.4, 0.5) is 0 Å². The normalized spacial score (nSPS) is 12.5. The smallest absolute Gasteiger partial charge is 0.172 e. The van der Waals surface area contributed by atoms with Crippen molar-refractivity contribution in [1.29, 1.82) is 0 Å². The lowest BCUT2D eigenvalue weighted by molar-refractivity contribution is 0.251. The molecule has 0 aliphatic rings. The molecule has 0 aliphatic carbocycles. The molecule has 90 valence electrons. The van der Waals surface area contributed by atoms with Crippen LogP contribution in [0.5, 0.6) is 11.5 Å². The van der Waals surface area contributed by atoms with Gasteiger partial charge in [0.25, 0.3) is 0 Å². The van der Waals surface area contributed by atoms with Crippen molar-refractivity contribution in [3.05, 3.63) is 22.2 Å². The third kappa shape index (κ3) is 3.37. The Balaban J connectivity index is 2.78. The molecule has 0 bridgehead atoms. The molecule has 0 spiro atoms. The van der Waals surface area contributed by atoms with E-state index in [9.17, 15) is 5.11 Å². The van der Waals surface area contributed by atoms with Crippen LogP contribution >= 0.6 is 15.9 Å². The van der Waals surface area contributed by atoms with Crippen LogP contribution in [-0.2, 0) is 6.54 Å². The quantitative estimate of drug-likeness (QED) is 0.771. The van der Waals surface area contributed by atoms with Crippen LogP contribution in [0.25, 0.3) is 0 Å². The molecule has 1 rings (SSSR count). The molecule has 0 saturated carbocycles. The minimum atomic E-state index is 0.0403.